The third-order valence-corrected chi connectivity index (χ3v) is 6.52. The minimum atomic E-state index is -2.66. The maximum Gasteiger partial charge on any atom is 0.347 e. The summed E-state index contributed by atoms with van der Waals surface area (Å²) in [6.45, 7) is 0. The van der Waals surface area contributed by atoms with E-state index in [2.05, 4.69) is 26.2 Å². The van der Waals surface area contributed by atoms with Crippen LogP contribution in [0.4, 0.5) is 17.6 Å². The fourth-order valence-corrected chi connectivity index (χ4v) is 4.46. The van der Waals surface area contributed by atoms with Gasteiger partial charge in [0.1, 0.15) is 18.2 Å². The van der Waals surface area contributed by atoms with E-state index < -0.39 is 40.9 Å². The molecule has 1 N–H and O–H groups in total. The summed E-state index contributed by atoms with van der Waals surface area (Å²) >= 11 is 0. The van der Waals surface area contributed by atoms with Crippen LogP contribution in [0.5, 0.6) is 0 Å². The number of rotatable bonds is 4. The molecule has 2 unspecified atom stereocenters. The zero-order valence-electron chi connectivity index (χ0n) is 17.4. The second-order valence-electron chi connectivity index (χ2n) is 8.62. The Morgan fingerprint density at radius 3 is 1.73 bits per heavy atom. The van der Waals surface area contributed by atoms with E-state index >= 15 is 0 Å². The highest BCUT2D eigenvalue weighted by atomic mass is 79.9. The van der Waals surface area contributed by atoms with Gasteiger partial charge in [0.25, 0.3) is 0 Å². The molecule has 4 rings (SSSR count). The third-order valence-electron chi connectivity index (χ3n) is 6.52. The van der Waals surface area contributed by atoms with Gasteiger partial charge in [-0.2, -0.15) is 0 Å². The first kappa shape index (κ1) is 27.0. The normalized spacial score (nSPS) is 22.8. The van der Waals surface area contributed by atoms with Crippen LogP contribution in [0.1, 0.15) is 31.4 Å². The summed E-state index contributed by atoms with van der Waals surface area (Å²) in [7, 11) is 4.15. The van der Waals surface area contributed by atoms with Crippen LogP contribution in [-0.2, 0) is 15.1 Å². The van der Waals surface area contributed by atoms with E-state index in [9.17, 15) is 27.5 Å². The Morgan fingerprint density at radius 2 is 1.33 bits per heavy atom. The first-order valence-electron chi connectivity index (χ1n) is 9.89. The molecule has 2 heterocycles. The first-order chi connectivity index (χ1) is 14.5. The highest BCUT2D eigenvalue weighted by molar-refractivity contribution is 5.85. The number of esters is 1. The van der Waals surface area contributed by atoms with Crippen molar-refractivity contribution < 1.29 is 53.7 Å². The number of likely N-dealkylation sites (N-methyl/N-ethyl adjacent to an activating group) is 1. The van der Waals surface area contributed by atoms with E-state index in [1.165, 1.54) is 0 Å². The van der Waals surface area contributed by atoms with Crippen LogP contribution < -0.4 is 17.0 Å². The molecule has 2 aliphatic rings. The van der Waals surface area contributed by atoms with Gasteiger partial charge in [-0.1, -0.05) is 19.6 Å². The molecule has 0 amide bonds. The molecule has 2 aliphatic heterocycles. The Labute approximate surface area is 200 Å². The Morgan fingerprint density at radius 1 is 0.909 bits per heavy atom. The molecule has 1 saturated heterocycles. The van der Waals surface area contributed by atoms with Gasteiger partial charge in [0.2, 0.25) is 5.60 Å². The lowest BCUT2D eigenvalue weighted by Crippen LogP contribution is -3.00. The lowest BCUT2D eigenvalue weighted by Gasteiger charge is -2.44. The van der Waals surface area contributed by atoms with Crippen molar-refractivity contribution in [1.82, 2.24) is 0 Å². The van der Waals surface area contributed by atoms with Gasteiger partial charge in [0, 0.05) is 24.0 Å². The number of piperidine rings is 1. The molecule has 2 aromatic rings. The van der Waals surface area contributed by atoms with Crippen molar-refractivity contribution in [2.24, 2.45) is 0 Å². The number of nitrogens with zero attached hydrogens (tertiary/aromatic N) is 1. The number of fused-ring (bicyclic) bond motifs is 2. The SMILES string of the molecule is C.C[N+]1(C)C2C=C[C@@H]1CC(OC(=O)C(O)(c1ccc(F)c(F)c1)c1ccc(F)c(F)c1)C2.[Br-]. The van der Waals surface area contributed by atoms with E-state index in [1.807, 2.05) is 0 Å². The summed E-state index contributed by atoms with van der Waals surface area (Å²) in [6, 6.07) is 5.03. The predicted octanol–water partition coefficient (Wildman–Crippen LogP) is 1.21. The smallest absolute Gasteiger partial charge is 0.347 e. The zero-order chi connectivity index (χ0) is 22.6. The van der Waals surface area contributed by atoms with E-state index in [-0.39, 0.29) is 47.6 Å². The molecule has 9 heteroatoms. The Kier molecular flexibility index (Phi) is 7.83. The molecule has 180 valence electrons. The number of carbonyl (C=O) groups is 1. The molecular formula is C24H26BrF4NO3. The van der Waals surface area contributed by atoms with E-state index in [1.54, 1.807) is 0 Å². The van der Waals surface area contributed by atoms with E-state index in [0.717, 1.165) is 28.7 Å². The molecular weight excluding hydrogens is 506 g/mol. The fourth-order valence-electron chi connectivity index (χ4n) is 4.46. The molecule has 0 aliphatic carbocycles. The summed E-state index contributed by atoms with van der Waals surface area (Å²) in [6.07, 6.45) is 4.62. The second-order valence-corrected chi connectivity index (χ2v) is 8.62. The number of halogens is 5. The molecule has 0 aromatic heterocycles. The quantitative estimate of drug-likeness (QED) is 0.279. The summed E-state index contributed by atoms with van der Waals surface area (Å²) in [5.74, 6) is -6.13. The second kappa shape index (κ2) is 9.56. The summed E-state index contributed by atoms with van der Waals surface area (Å²) < 4.78 is 61.1. The van der Waals surface area contributed by atoms with Crippen LogP contribution in [0.2, 0.25) is 0 Å². The zero-order valence-corrected chi connectivity index (χ0v) is 19.0. The van der Waals surface area contributed by atoms with Crippen molar-refractivity contribution in [2.45, 2.75) is 44.1 Å². The molecule has 2 bridgehead atoms. The van der Waals surface area contributed by atoms with Crippen LogP contribution in [0.3, 0.4) is 0 Å². The highest BCUT2D eigenvalue weighted by Crippen LogP contribution is 2.38. The predicted molar refractivity (Wildman–Crippen MR) is 110 cm³/mol. The average molecular weight is 532 g/mol. The van der Waals surface area contributed by atoms with E-state index in [4.69, 9.17) is 4.74 Å². The lowest BCUT2D eigenvalue weighted by molar-refractivity contribution is -0.926. The van der Waals surface area contributed by atoms with Gasteiger partial charge >= 0.3 is 5.97 Å². The van der Waals surface area contributed by atoms with Gasteiger partial charge in [-0.25, -0.2) is 22.4 Å². The maximum absolute atomic E-state index is 13.9. The van der Waals surface area contributed by atoms with Crippen LogP contribution in [0.25, 0.3) is 0 Å². The lowest BCUT2D eigenvalue weighted by atomic mass is 9.85. The van der Waals surface area contributed by atoms with Crippen LogP contribution in [0.15, 0.2) is 48.6 Å². The minimum absolute atomic E-state index is 0. The summed E-state index contributed by atoms with van der Waals surface area (Å²) in [5.41, 5.74) is -3.36. The van der Waals surface area contributed by atoms with Crippen molar-refractivity contribution >= 4 is 5.97 Å². The highest BCUT2D eigenvalue weighted by Gasteiger charge is 2.49. The van der Waals surface area contributed by atoms with Gasteiger partial charge < -0.3 is 31.3 Å². The van der Waals surface area contributed by atoms with Crippen molar-refractivity contribution in [1.29, 1.82) is 0 Å². The van der Waals surface area contributed by atoms with Crippen LogP contribution in [0, 0.1) is 23.3 Å². The van der Waals surface area contributed by atoms with Crippen molar-refractivity contribution in [2.75, 3.05) is 14.1 Å². The molecule has 1 fully saturated rings. The number of benzene rings is 2. The molecule has 0 saturated carbocycles. The molecule has 0 spiro atoms. The van der Waals surface area contributed by atoms with Crippen molar-refractivity contribution in [3.05, 3.63) is 82.9 Å². The largest absolute Gasteiger partial charge is 1.00 e. The number of aliphatic hydroxyl groups is 1. The fraction of sp³-hybridized carbons (Fsp3) is 0.375. The summed E-state index contributed by atoms with van der Waals surface area (Å²) in [4.78, 5) is 13.2. The molecule has 4 nitrogen and oxygen atoms in total. The monoisotopic (exact) mass is 531 g/mol. The molecule has 33 heavy (non-hydrogen) atoms. The van der Waals surface area contributed by atoms with Gasteiger partial charge in [-0.3, -0.25) is 0 Å². The van der Waals surface area contributed by atoms with Crippen molar-refractivity contribution in [3.63, 3.8) is 0 Å². The molecule has 0 radical (unpaired) electrons. The summed E-state index contributed by atoms with van der Waals surface area (Å²) in [5, 5.41) is 11.4. The molecule has 2 aromatic carbocycles. The standard InChI is InChI=1S/C23H22F4NO3.CH4.BrH/c1-28(2)15-5-6-16(28)12-17(11-15)31-22(29)23(30,13-3-7-18(24)20(26)9-13)14-4-8-19(25)21(27)10-14;;/h3-10,15-17,30H,11-12H2,1-2H3;1H4;1H/q+1;;/p-1/t15-,16?,17?;;/m1../s1. The van der Waals surface area contributed by atoms with Crippen molar-refractivity contribution in [3.8, 4) is 0 Å². The van der Waals surface area contributed by atoms with Gasteiger partial charge in [0.15, 0.2) is 23.3 Å². The van der Waals surface area contributed by atoms with Gasteiger partial charge in [-0.05, 0) is 36.4 Å². The van der Waals surface area contributed by atoms with Crippen LogP contribution >= 0.6 is 0 Å². The van der Waals surface area contributed by atoms with E-state index in [0.29, 0.717) is 25.0 Å². The Hall–Kier alpha value is -2.23. The van der Waals surface area contributed by atoms with Gasteiger partial charge in [-0.15, -0.1) is 0 Å². The number of ether oxygens (including phenoxy) is 1. The van der Waals surface area contributed by atoms with Gasteiger partial charge in [0.05, 0.1) is 14.1 Å². The maximum atomic E-state index is 13.9. The third kappa shape index (κ3) is 4.58. The Bertz CT molecular complexity index is 1010. The number of hydrogen-bond acceptors (Lipinski definition) is 3. The Balaban J connectivity index is 0.00000193. The minimum Gasteiger partial charge on any atom is -1.00 e. The topological polar surface area (TPSA) is 46.5 Å². The number of hydrogen-bond donors (Lipinski definition) is 1. The molecule has 3 atom stereocenters. The average Bonchev–Trinajstić information content (AvgIpc) is 2.88. The number of quaternary nitrogens is 1. The van der Waals surface area contributed by atoms with Crippen LogP contribution in [-0.4, -0.2) is 47.8 Å². The first-order valence-corrected chi connectivity index (χ1v) is 9.89. The number of carbonyl (C=O) groups excluding carboxylic acids is 1.